The van der Waals surface area contributed by atoms with Crippen LogP contribution in [0.25, 0.3) is 0 Å². The van der Waals surface area contributed by atoms with E-state index in [9.17, 15) is 9.90 Å². The lowest BCUT2D eigenvalue weighted by Crippen LogP contribution is -2.13. The van der Waals surface area contributed by atoms with Crippen LogP contribution in [-0.2, 0) is 0 Å². The van der Waals surface area contributed by atoms with Gasteiger partial charge in [0.2, 0.25) is 17.1 Å². The average molecular weight is 169 g/mol. The number of hydrogen-bond acceptors (Lipinski definition) is 4. The molecule has 0 spiro atoms. The molecule has 4 heteroatoms. The zero-order valence-corrected chi connectivity index (χ0v) is 7.29. The van der Waals surface area contributed by atoms with Crippen LogP contribution in [0.4, 0.5) is 5.88 Å². The quantitative estimate of drug-likeness (QED) is 0.673. The van der Waals surface area contributed by atoms with E-state index in [-0.39, 0.29) is 11.6 Å². The molecule has 0 aliphatic carbocycles. The molecule has 1 N–H and O–H groups in total. The van der Waals surface area contributed by atoms with Crippen molar-refractivity contribution in [1.29, 1.82) is 0 Å². The summed E-state index contributed by atoms with van der Waals surface area (Å²) in [5.41, 5.74) is -0.414. The molecule has 0 atom stereocenters. The van der Waals surface area contributed by atoms with E-state index in [4.69, 9.17) is 4.42 Å². The minimum atomic E-state index is -0.414. The molecular weight excluding hydrogens is 158 g/mol. The Labute approximate surface area is 70.0 Å². The second-order valence-corrected chi connectivity index (χ2v) is 2.77. The van der Waals surface area contributed by atoms with E-state index in [2.05, 4.69) is 0 Å². The molecular formula is C8H11NO3. The molecule has 12 heavy (non-hydrogen) atoms. The minimum absolute atomic E-state index is 0.194. The number of rotatable bonds is 1. The molecule has 0 radical (unpaired) electrons. The van der Waals surface area contributed by atoms with Crippen molar-refractivity contribution in [2.24, 2.45) is 0 Å². The molecule has 0 fully saturated rings. The van der Waals surface area contributed by atoms with Crippen molar-refractivity contribution < 1.29 is 9.52 Å². The van der Waals surface area contributed by atoms with Crippen LogP contribution in [0, 0.1) is 6.92 Å². The highest BCUT2D eigenvalue weighted by atomic mass is 16.4. The zero-order valence-electron chi connectivity index (χ0n) is 7.29. The van der Waals surface area contributed by atoms with Crippen LogP contribution in [0.3, 0.4) is 0 Å². The van der Waals surface area contributed by atoms with Crippen molar-refractivity contribution in [2.45, 2.75) is 6.92 Å². The molecule has 0 saturated carbocycles. The van der Waals surface area contributed by atoms with E-state index in [0.717, 1.165) is 0 Å². The Bertz CT molecular complexity index is 341. The van der Waals surface area contributed by atoms with Crippen molar-refractivity contribution >= 4 is 5.88 Å². The van der Waals surface area contributed by atoms with Crippen LogP contribution >= 0.6 is 0 Å². The summed E-state index contributed by atoms with van der Waals surface area (Å²) in [4.78, 5) is 12.6. The molecule has 4 nitrogen and oxygen atoms in total. The maximum Gasteiger partial charge on any atom is 0.241 e. The number of aryl methyl sites for hydroxylation is 1. The van der Waals surface area contributed by atoms with Gasteiger partial charge in [0, 0.05) is 20.2 Å². The summed E-state index contributed by atoms with van der Waals surface area (Å²) in [6, 6.07) is 1.25. The fraction of sp³-hybridized carbons (Fsp3) is 0.375. The first-order valence-electron chi connectivity index (χ1n) is 3.53. The molecule has 1 aromatic heterocycles. The van der Waals surface area contributed by atoms with E-state index in [1.54, 1.807) is 25.9 Å². The minimum Gasteiger partial charge on any atom is -0.500 e. The number of anilines is 1. The molecule has 0 saturated heterocycles. The lowest BCUT2D eigenvalue weighted by molar-refractivity contribution is 0.423. The van der Waals surface area contributed by atoms with Crippen LogP contribution in [0.15, 0.2) is 15.3 Å². The average Bonchev–Trinajstić information content (AvgIpc) is 1.96. The third kappa shape index (κ3) is 1.42. The summed E-state index contributed by atoms with van der Waals surface area (Å²) in [6.07, 6.45) is 0. The highest BCUT2D eigenvalue weighted by molar-refractivity contribution is 5.47. The first-order valence-corrected chi connectivity index (χ1v) is 3.53. The monoisotopic (exact) mass is 169 g/mol. The van der Waals surface area contributed by atoms with Gasteiger partial charge < -0.3 is 14.4 Å². The van der Waals surface area contributed by atoms with Crippen molar-refractivity contribution in [3.8, 4) is 5.75 Å². The van der Waals surface area contributed by atoms with Gasteiger partial charge in [-0.25, -0.2) is 0 Å². The lowest BCUT2D eigenvalue weighted by atomic mass is 10.3. The van der Waals surface area contributed by atoms with Gasteiger partial charge >= 0.3 is 0 Å². The SMILES string of the molecule is Cc1cc(=O)c(O)c(N(C)C)o1. The first kappa shape index (κ1) is 8.64. The van der Waals surface area contributed by atoms with Gasteiger partial charge in [0.25, 0.3) is 0 Å². The Morgan fingerprint density at radius 3 is 2.58 bits per heavy atom. The molecule has 1 rings (SSSR count). The Hall–Kier alpha value is -1.45. The molecule has 0 amide bonds. The summed E-state index contributed by atoms with van der Waals surface area (Å²) in [5.74, 6) is 0.340. The molecule has 1 aromatic rings. The predicted octanol–water partition coefficient (Wildman–Crippen LogP) is 0.720. The zero-order chi connectivity index (χ0) is 9.30. The normalized spacial score (nSPS) is 9.92. The third-order valence-electron chi connectivity index (χ3n) is 1.43. The topological polar surface area (TPSA) is 53.7 Å². The summed E-state index contributed by atoms with van der Waals surface area (Å²) >= 11 is 0. The van der Waals surface area contributed by atoms with Crippen LogP contribution in [-0.4, -0.2) is 19.2 Å². The largest absolute Gasteiger partial charge is 0.500 e. The van der Waals surface area contributed by atoms with E-state index < -0.39 is 5.43 Å². The van der Waals surface area contributed by atoms with Gasteiger partial charge in [-0.2, -0.15) is 0 Å². The van der Waals surface area contributed by atoms with E-state index >= 15 is 0 Å². The van der Waals surface area contributed by atoms with Crippen LogP contribution in [0.1, 0.15) is 5.76 Å². The Kier molecular flexibility index (Phi) is 2.08. The molecule has 66 valence electrons. The third-order valence-corrected chi connectivity index (χ3v) is 1.43. The van der Waals surface area contributed by atoms with Gasteiger partial charge in [-0.15, -0.1) is 0 Å². The van der Waals surface area contributed by atoms with Crippen LogP contribution in [0.2, 0.25) is 0 Å². The van der Waals surface area contributed by atoms with Gasteiger partial charge in [0.15, 0.2) is 0 Å². The maximum absolute atomic E-state index is 11.0. The van der Waals surface area contributed by atoms with Crippen LogP contribution in [0.5, 0.6) is 5.75 Å². The highest BCUT2D eigenvalue weighted by Gasteiger charge is 2.10. The van der Waals surface area contributed by atoms with Gasteiger partial charge in [-0.3, -0.25) is 4.79 Å². The van der Waals surface area contributed by atoms with Crippen molar-refractivity contribution in [2.75, 3.05) is 19.0 Å². The fourth-order valence-electron chi connectivity index (χ4n) is 0.892. The maximum atomic E-state index is 11.0. The smallest absolute Gasteiger partial charge is 0.241 e. The van der Waals surface area contributed by atoms with Crippen molar-refractivity contribution in [1.82, 2.24) is 0 Å². The summed E-state index contributed by atoms with van der Waals surface area (Å²) in [7, 11) is 3.38. The standard InChI is InChI=1S/C8H11NO3/c1-5-4-6(10)7(11)8(12-5)9(2)3/h4,11H,1-3H3. The lowest BCUT2D eigenvalue weighted by Gasteiger charge is -2.11. The van der Waals surface area contributed by atoms with Gasteiger partial charge in [0.05, 0.1) is 0 Å². The van der Waals surface area contributed by atoms with Crippen LogP contribution < -0.4 is 10.3 Å². The second-order valence-electron chi connectivity index (χ2n) is 2.77. The number of hydrogen-bond donors (Lipinski definition) is 1. The molecule has 0 aliphatic rings. The van der Waals surface area contributed by atoms with Crippen molar-refractivity contribution in [3.05, 3.63) is 22.0 Å². The van der Waals surface area contributed by atoms with Gasteiger partial charge in [0.1, 0.15) is 5.76 Å². The predicted molar refractivity (Wildman–Crippen MR) is 45.7 cm³/mol. The summed E-state index contributed by atoms with van der Waals surface area (Å²) < 4.78 is 5.13. The Morgan fingerprint density at radius 2 is 2.08 bits per heavy atom. The fourth-order valence-corrected chi connectivity index (χ4v) is 0.892. The number of nitrogens with zero attached hydrogens (tertiary/aromatic N) is 1. The van der Waals surface area contributed by atoms with E-state index in [1.165, 1.54) is 6.07 Å². The summed E-state index contributed by atoms with van der Waals surface area (Å²) in [6.45, 7) is 1.66. The molecule has 0 aromatic carbocycles. The molecule has 0 unspecified atom stereocenters. The Balaban J connectivity index is 3.38. The van der Waals surface area contributed by atoms with Crippen molar-refractivity contribution in [3.63, 3.8) is 0 Å². The first-order chi connectivity index (χ1) is 5.52. The van der Waals surface area contributed by atoms with Gasteiger partial charge in [-0.05, 0) is 6.92 Å². The molecule has 0 bridgehead atoms. The van der Waals surface area contributed by atoms with Gasteiger partial charge in [-0.1, -0.05) is 0 Å². The molecule has 1 heterocycles. The highest BCUT2D eigenvalue weighted by Crippen LogP contribution is 2.21. The second kappa shape index (κ2) is 2.89. The summed E-state index contributed by atoms with van der Waals surface area (Å²) in [5, 5.41) is 9.24. The molecule has 0 aliphatic heterocycles. The number of aromatic hydroxyl groups is 1. The van der Waals surface area contributed by atoms with E-state index in [0.29, 0.717) is 5.76 Å². The van der Waals surface area contributed by atoms with E-state index in [1.807, 2.05) is 0 Å². The Morgan fingerprint density at radius 1 is 1.50 bits per heavy atom.